The molecule has 4 aliphatic rings. The molecule has 44 heavy (non-hydrogen) atoms. The molecule has 3 fully saturated rings. The average Bonchev–Trinajstić information content (AvgIpc) is 3.64. The molecule has 6 rings (SSSR count). The van der Waals surface area contributed by atoms with Gasteiger partial charge in [-0.05, 0) is 104 Å². The summed E-state index contributed by atoms with van der Waals surface area (Å²) in [7, 11) is 0. The van der Waals surface area contributed by atoms with E-state index < -0.39 is 28.5 Å². The number of esters is 1. The number of hydrogen-bond donors (Lipinski definition) is 3. The number of aliphatic imine (C=N–C) groups is 1. The lowest BCUT2D eigenvalue weighted by molar-refractivity contribution is -0.175. The van der Waals surface area contributed by atoms with Gasteiger partial charge >= 0.3 is 5.97 Å². The normalized spacial score (nSPS) is 36.3. The Morgan fingerprint density at radius 2 is 2.02 bits per heavy atom. The number of thioether (sulfide) groups is 1. The van der Waals surface area contributed by atoms with Crippen molar-refractivity contribution in [2.45, 2.75) is 64.1 Å². The van der Waals surface area contributed by atoms with Crippen molar-refractivity contribution in [2.24, 2.45) is 39.3 Å². The van der Waals surface area contributed by atoms with Crippen molar-refractivity contribution >= 4 is 34.2 Å². The highest BCUT2D eigenvalue weighted by atomic mass is 32.2. The molecule has 7 atom stereocenters. The van der Waals surface area contributed by atoms with E-state index in [2.05, 4.69) is 18.2 Å². The van der Waals surface area contributed by atoms with E-state index in [1.165, 1.54) is 30.0 Å². The lowest BCUT2D eigenvalue weighted by Crippen LogP contribution is -2.62. The first-order valence-electron chi connectivity index (χ1n) is 15.1. The number of aliphatic hydroxyl groups excluding tert-OH is 2. The van der Waals surface area contributed by atoms with Gasteiger partial charge in [0.05, 0.1) is 30.3 Å². The van der Waals surface area contributed by atoms with Gasteiger partial charge in [0.15, 0.2) is 5.60 Å². The van der Waals surface area contributed by atoms with Crippen LogP contribution in [0.25, 0.3) is 0 Å². The molecule has 0 bridgehead atoms. The molecule has 0 spiro atoms. The van der Waals surface area contributed by atoms with Crippen LogP contribution in [0.4, 0.5) is 10.1 Å². The van der Waals surface area contributed by atoms with Crippen LogP contribution in [0, 0.1) is 34.4 Å². The second-order valence-corrected chi connectivity index (χ2v) is 14.0. The van der Waals surface area contributed by atoms with Gasteiger partial charge in [0.1, 0.15) is 5.82 Å². The third kappa shape index (κ3) is 4.84. The predicted molar refractivity (Wildman–Crippen MR) is 163 cm³/mol. The number of allylic oxidation sites excluding steroid dienone is 3. The molecule has 1 aromatic carbocycles. The molecule has 0 radical (unpaired) electrons. The predicted octanol–water partition coefficient (Wildman–Crippen LogP) is 5.12. The summed E-state index contributed by atoms with van der Waals surface area (Å²) in [4.78, 5) is 31.9. The number of nitrogens with zero attached hydrogens (tertiary/aromatic N) is 2. The first-order chi connectivity index (χ1) is 21.1. The lowest BCUT2D eigenvalue weighted by Gasteiger charge is -2.60. The van der Waals surface area contributed by atoms with E-state index in [1.54, 1.807) is 18.3 Å². The van der Waals surface area contributed by atoms with Gasteiger partial charge in [0.25, 0.3) is 0 Å². The molecule has 4 aliphatic carbocycles. The molecule has 3 saturated carbocycles. The van der Waals surface area contributed by atoms with Crippen molar-refractivity contribution in [2.75, 3.05) is 12.4 Å². The van der Waals surface area contributed by atoms with Gasteiger partial charge in [0.2, 0.25) is 10.9 Å². The number of hydrogen-bond acceptors (Lipinski definition) is 10. The number of nitrogens with two attached hydrogens (primary N) is 1. The minimum Gasteiger partial charge on any atom is -0.444 e. The molecule has 0 saturated heterocycles. The van der Waals surface area contributed by atoms with Crippen LogP contribution in [0.5, 0.6) is 0 Å². The Hall–Kier alpha value is -3.28. The average molecular weight is 624 g/mol. The van der Waals surface area contributed by atoms with Gasteiger partial charge in [-0.2, -0.15) is 0 Å². The zero-order chi connectivity index (χ0) is 31.3. The topological polar surface area (TPSA) is 148 Å². The number of aliphatic hydroxyl groups is 2. The first kappa shape index (κ1) is 30.7. The Labute approximate surface area is 259 Å². The molecule has 9 nitrogen and oxygen atoms in total. The number of ether oxygens (including phenoxy) is 1. The molecule has 1 heterocycles. The fourth-order valence-corrected chi connectivity index (χ4v) is 9.79. The minimum atomic E-state index is -1.49. The van der Waals surface area contributed by atoms with Crippen LogP contribution < -0.4 is 5.73 Å². The molecule has 11 heteroatoms. The fourth-order valence-electron chi connectivity index (χ4n) is 8.91. The van der Waals surface area contributed by atoms with Crippen molar-refractivity contribution < 1.29 is 33.5 Å². The fraction of sp³-hybridized carbons (Fsp3) is 0.515. The summed E-state index contributed by atoms with van der Waals surface area (Å²) in [5.74, 6) is -1.03. The molecule has 0 amide bonds. The number of aromatic nitrogens is 1. The van der Waals surface area contributed by atoms with E-state index in [9.17, 15) is 24.2 Å². The summed E-state index contributed by atoms with van der Waals surface area (Å²) >= 11 is 0.961. The van der Waals surface area contributed by atoms with Crippen LogP contribution in [0.3, 0.4) is 0 Å². The third-order valence-corrected chi connectivity index (χ3v) is 11.8. The van der Waals surface area contributed by atoms with Crippen molar-refractivity contribution in [1.82, 2.24) is 5.16 Å². The van der Waals surface area contributed by atoms with Crippen molar-refractivity contribution in [1.29, 1.82) is 0 Å². The quantitative estimate of drug-likeness (QED) is 0.373. The van der Waals surface area contributed by atoms with E-state index in [-0.39, 0.29) is 53.2 Å². The highest BCUT2D eigenvalue weighted by molar-refractivity contribution is 8.13. The van der Waals surface area contributed by atoms with Gasteiger partial charge < -0.3 is 25.2 Å². The number of halogens is 1. The highest BCUT2D eigenvalue weighted by Crippen LogP contribution is 2.69. The Kier molecular flexibility index (Phi) is 8.09. The van der Waals surface area contributed by atoms with E-state index in [4.69, 9.17) is 20.0 Å². The van der Waals surface area contributed by atoms with E-state index in [1.807, 2.05) is 6.92 Å². The summed E-state index contributed by atoms with van der Waals surface area (Å²) in [6, 6.07) is 7.42. The second-order valence-electron chi connectivity index (χ2n) is 12.9. The summed E-state index contributed by atoms with van der Waals surface area (Å²) in [5, 5.41) is 24.8. The first-order valence-corrected chi connectivity index (χ1v) is 16.1. The van der Waals surface area contributed by atoms with Crippen molar-refractivity contribution in [3.63, 3.8) is 0 Å². The second kappa shape index (κ2) is 11.6. The molecule has 1 aromatic heterocycles. The van der Waals surface area contributed by atoms with Crippen LogP contribution in [0.15, 0.2) is 69.5 Å². The smallest absolute Gasteiger partial charge is 0.378 e. The van der Waals surface area contributed by atoms with E-state index >= 15 is 0 Å². The maximum Gasteiger partial charge on any atom is 0.378 e. The number of benzene rings is 1. The van der Waals surface area contributed by atoms with E-state index in [0.29, 0.717) is 24.9 Å². The summed E-state index contributed by atoms with van der Waals surface area (Å²) < 4.78 is 24.7. The molecular formula is C33H38FN3O6S. The Balaban J connectivity index is 1.35. The zero-order valence-electron chi connectivity index (χ0n) is 24.9. The van der Waals surface area contributed by atoms with E-state index in [0.717, 1.165) is 35.9 Å². The number of rotatable bonds is 6. The molecule has 3 unspecified atom stereocenters. The molecule has 4 N–H and O–H groups in total. The Morgan fingerprint density at radius 3 is 2.70 bits per heavy atom. The van der Waals surface area contributed by atoms with Gasteiger partial charge in [-0.3, -0.25) is 4.79 Å². The highest BCUT2D eigenvalue weighted by Gasteiger charge is 2.70. The number of carbonyl (C=O) groups is 2. The molecule has 2 aromatic rings. The van der Waals surface area contributed by atoms with Crippen LogP contribution in [0.1, 0.15) is 62.9 Å². The summed E-state index contributed by atoms with van der Waals surface area (Å²) in [6.45, 7) is 3.98. The van der Waals surface area contributed by atoms with Gasteiger partial charge in [-0.15, -0.1) is 0 Å². The van der Waals surface area contributed by atoms with Gasteiger partial charge in [-0.25, -0.2) is 14.2 Å². The largest absolute Gasteiger partial charge is 0.444 e. The minimum absolute atomic E-state index is 0.00932. The van der Waals surface area contributed by atoms with Gasteiger partial charge in [-0.1, -0.05) is 36.3 Å². The standard InChI is InChI=1S/C33H38FN3O6S/c1-31-16-19(18-35)25(37-22-6-4-21(34)5-7-22)15-20(31)3-8-23-24-9-11-33(30(41)44-14-13-38,32(24,2)17-26(39)28(23)31)42-29(40)27-10-12-36-43-27/h4-7,10,12,15,18,23-24,26,28,38-39H,3,8-9,11,13-14,16-17,35H2,1-2H3/t23-,24?,26?,28?,31-,32-,33-/m0/s1. The zero-order valence-corrected chi connectivity index (χ0v) is 25.7. The maximum atomic E-state index is 13.9. The number of carbonyl (C=O) groups excluding carboxylic acids is 2. The van der Waals surface area contributed by atoms with Gasteiger partial charge in [0, 0.05) is 17.2 Å². The SMILES string of the molecule is C[C@]12CC(=CN)C(=Nc3ccc(F)cc3)C=C1CC[C@@H]1C2C(O)C[C@@]2(C)C1CC[C@]2(OC(=O)c1ccno1)C(=O)SCCO. The maximum absolute atomic E-state index is 13.9. The summed E-state index contributed by atoms with van der Waals surface area (Å²) in [6.07, 6.45) is 7.66. The Bertz CT molecular complexity index is 1520. The Morgan fingerprint density at radius 1 is 1.25 bits per heavy atom. The van der Waals surface area contributed by atoms with Crippen molar-refractivity contribution in [3.05, 3.63) is 71.5 Å². The third-order valence-electron chi connectivity index (χ3n) is 10.8. The molecule has 0 aliphatic heterocycles. The molecular weight excluding hydrogens is 585 g/mol. The number of fused-ring (bicyclic) bond motifs is 5. The van der Waals surface area contributed by atoms with Crippen molar-refractivity contribution in [3.8, 4) is 0 Å². The van der Waals surface area contributed by atoms with Crippen LogP contribution in [-0.2, 0) is 9.53 Å². The molecule has 234 valence electrons. The van der Waals surface area contributed by atoms with Crippen LogP contribution >= 0.6 is 11.8 Å². The monoisotopic (exact) mass is 623 g/mol. The summed E-state index contributed by atoms with van der Waals surface area (Å²) in [5.41, 5.74) is 6.85. The van der Waals surface area contributed by atoms with Crippen LogP contribution in [0.2, 0.25) is 0 Å². The van der Waals surface area contributed by atoms with Crippen LogP contribution in [-0.4, -0.2) is 56.2 Å². The lowest BCUT2D eigenvalue weighted by atomic mass is 9.45.